The lowest BCUT2D eigenvalue weighted by molar-refractivity contribution is 0.102. The Hall–Kier alpha value is -3.15. The standard InChI is InChI=1S/C18H17N3O3/c1-12-19-17(24-21-12)11-13-6-3-4-9-16(13)20-18(22)14-7-5-8-15(10-14)23-2/h3-10H,11H2,1-2H3,(H,20,22). The number of aromatic nitrogens is 2. The van der Waals surface area contributed by atoms with Gasteiger partial charge in [0.25, 0.3) is 5.91 Å². The zero-order valence-electron chi connectivity index (χ0n) is 13.4. The molecule has 1 aromatic heterocycles. The van der Waals surface area contributed by atoms with Crippen LogP contribution in [0.25, 0.3) is 0 Å². The maximum atomic E-state index is 12.5. The molecule has 24 heavy (non-hydrogen) atoms. The van der Waals surface area contributed by atoms with Crippen molar-refractivity contribution in [2.24, 2.45) is 0 Å². The summed E-state index contributed by atoms with van der Waals surface area (Å²) < 4.78 is 10.3. The number of amides is 1. The molecule has 0 aliphatic heterocycles. The Bertz CT molecular complexity index is 858. The van der Waals surface area contributed by atoms with Gasteiger partial charge in [-0.15, -0.1) is 0 Å². The number of methoxy groups -OCH3 is 1. The van der Waals surface area contributed by atoms with Gasteiger partial charge < -0.3 is 14.6 Å². The molecule has 0 aliphatic carbocycles. The lowest BCUT2D eigenvalue weighted by Crippen LogP contribution is -2.13. The number of nitrogens with one attached hydrogen (secondary N) is 1. The van der Waals surface area contributed by atoms with E-state index in [9.17, 15) is 4.79 Å². The summed E-state index contributed by atoms with van der Waals surface area (Å²) in [6.45, 7) is 1.77. The fraction of sp³-hybridized carbons (Fsp3) is 0.167. The van der Waals surface area contributed by atoms with Gasteiger partial charge in [0.15, 0.2) is 5.82 Å². The summed E-state index contributed by atoms with van der Waals surface area (Å²) in [4.78, 5) is 16.7. The predicted molar refractivity (Wildman–Crippen MR) is 89.2 cm³/mol. The molecule has 6 heteroatoms. The van der Waals surface area contributed by atoms with Crippen LogP contribution in [0.1, 0.15) is 27.6 Å². The van der Waals surface area contributed by atoms with E-state index in [-0.39, 0.29) is 5.91 Å². The molecule has 0 saturated carbocycles. The van der Waals surface area contributed by atoms with Crippen LogP contribution >= 0.6 is 0 Å². The molecule has 0 unspecified atom stereocenters. The lowest BCUT2D eigenvalue weighted by Gasteiger charge is -2.10. The monoisotopic (exact) mass is 323 g/mol. The fourth-order valence-corrected chi connectivity index (χ4v) is 2.33. The van der Waals surface area contributed by atoms with E-state index in [1.54, 1.807) is 38.3 Å². The molecule has 3 rings (SSSR count). The molecule has 0 aliphatic rings. The van der Waals surface area contributed by atoms with Crippen LogP contribution < -0.4 is 10.1 Å². The topological polar surface area (TPSA) is 77.2 Å². The minimum absolute atomic E-state index is 0.206. The second kappa shape index (κ2) is 6.95. The van der Waals surface area contributed by atoms with Crippen molar-refractivity contribution >= 4 is 11.6 Å². The molecular weight excluding hydrogens is 306 g/mol. The van der Waals surface area contributed by atoms with Crippen LogP contribution in [0.4, 0.5) is 5.69 Å². The van der Waals surface area contributed by atoms with Crippen molar-refractivity contribution in [1.29, 1.82) is 0 Å². The number of aryl methyl sites for hydroxylation is 1. The van der Waals surface area contributed by atoms with Crippen LogP contribution in [-0.4, -0.2) is 23.2 Å². The average molecular weight is 323 g/mol. The molecule has 2 aromatic carbocycles. The zero-order valence-corrected chi connectivity index (χ0v) is 13.4. The first kappa shape index (κ1) is 15.7. The van der Waals surface area contributed by atoms with Crippen LogP contribution in [0.15, 0.2) is 53.1 Å². The molecule has 1 amide bonds. The second-order valence-corrected chi connectivity index (χ2v) is 5.26. The van der Waals surface area contributed by atoms with E-state index in [0.29, 0.717) is 35.1 Å². The maximum absolute atomic E-state index is 12.5. The molecule has 3 aromatic rings. The number of benzene rings is 2. The smallest absolute Gasteiger partial charge is 0.255 e. The lowest BCUT2D eigenvalue weighted by atomic mass is 10.1. The molecule has 122 valence electrons. The van der Waals surface area contributed by atoms with Crippen LogP contribution in [-0.2, 0) is 6.42 Å². The molecule has 1 heterocycles. The van der Waals surface area contributed by atoms with Crippen molar-refractivity contribution in [1.82, 2.24) is 10.1 Å². The van der Waals surface area contributed by atoms with E-state index in [1.807, 2.05) is 24.3 Å². The van der Waals surface area contributed by atoms with Gasteiger partial charge in [-0.05, 0) is 36.8 Å². The van der Waals surface area contributed by atoms with E-state index in [0.717, 1.165) is 5.56 Å². The Morgan fingerprint density at radius 2 is 2.04 bits per heavy atom. The first-order valence-corrected chi connectivity index (χ1v) is 7.48. The van der Waals surface area contributed by atoms with Crippen molar-refractivity contribution < 1.29 is 14.1 Å². The number of hydrogen-bond donors (Lipinski definition) is 1. The van der Waals surface area contributed by atoms with Crippen molar-refractivity contribution in [2.75, 3.05) is 12.4 Å². The van der Waals surface area contributed by atoms with Crippen LogP contribution in [0, 0.1) is 6.92 Å². The number of carbonyl (C=O) groups is 1. The Kier molecular flexibility index (Phi) is 4.56. The van der Waals surface area contributed by atoms with E-state index < -0.39 is 0 Å². The van der Waals surface area contributed by atoms with Gasteiger partial charge in [-0.25, -0.2) is 0 Å². The quantitative estimate of drug-likeness (QED) is 0.780. The molecule has 0 spiro atoms. The van der Waals surface area contributed by atoms with E-state index in [2.05, 4.69) is 15.5 Å². The van der Waals surface area contributed by atoms with Gasteiger partial charge in [-0.2, -0.15) is 4.98 Å². The third kappa shape index (κ3) is 3.60. The SMILES string of the molecule is COc1cccc(C(=O)Nc2ccccc2Cc2nc(C)no2)c1. The summed E-state index contributed by atoms with van der Waals surface area (Å²) in [6, 6.07) is 14.5. The first-order valence-electron chi connectivity index (χ1n) is 7.48. The average Bonchev–Trinajstić information content (AvgIpc) is 3.01. The molecule has 0 radical (unpaired) electrons. The van der Waals surface area contributed by atoms with Crippen molar-refractivity contribution in [3.05, 3.63) is 71.4 Å². The van der Waals surface area contributed by atoms with Gasteiger partial charge in [-0.1, -0.05) is 29.4 Å². The van der Waals surface area contributed by atoms with Crippen LogP contribution in [0.3, 0.4) is 0 Å². The van der Waals surface area contributed by atoms with Gasteiger partial charge in [-0.3, -0.25) is 4.79 Å². The maximum Gasteiger partial charge on any atom is 0.255 e. The highest BCUT2D eigenvalue weighted by Crippen LogP contribution is 2.20. The zero-order chi connectivity index (χ0) is 16.9. The highest BCUT2D eigenvalue weighted by Gasteiger charge is 2.12. The van der Waals surface area contributed by atoms with Crippen molar-refractivity contribution in [2.45, 2.75) is 13.3 Å². The van der Waals surface area contributed by atoms with E-state index in [4.69, 9.17) is 9.26 Å². The Morgan fingerprint density at radius 3 is 2.79 bits per heavy atom. The van der Waals surface area contributed by atoms with Crippen LogP contribution in [0.2, 0.25) is 0 Å². The molecule has 0 saturated heterocycles. The van der Waals surface area contributed by atoms with Gasteiger partial charge in [0, 0.05) is 11.3 Å². The van der Waals surface area contributed by atoms with Gasteiger partial charge in [0.05, 0.1) is 13.5 Å². The number of nitrogens with zero attached hydrogens (tertiary/aromatic N) is 2. The highest BCUT2D eigenvalue weighted by molar-refractivity contribution is 6.04. The molecule has 0 fully saturated rings. The molecule has 0 bridgehead atoms. The fourth-order valence-electron chi connectivity index (χ4n) is 2.33. The largest absolute Gasteiger partial charge is 0.497 e. The van der Waals surface area contributed by atoms with Gasteiger partial charge >= 0.3 is 0 Å². The molecule has 0 atom stereocenters. The van der Waals surface area contributed by atoms with Crippen molar-refractivity contribution in [3.8, 4) is 5.75 Å². The van der Waals surface area contributed by atoms with Crippen molar-refractivity contribution in [3.63, 3.8) is 0 Å². The summed E-state index contributed by atoms with van der Waals surface area (Å²) in [6.07, 6.45) is 0.454. The third-order valence-corrected chi connectivity index (χ3v) is 3.51. The number of carbonyl (C=O) groups excluding carboxylic acids is 1. The number of anilines is 1. The van der Waals surface area contributed by atoms with E-state index >= 15 is 0 Å². The Balaban J connectivity index is 1.80. The Morgan fingerprint density at radius 1 is 1.21 bits per heavy atom. The van der Waals surface area contributed by atoms with Gasteiger partial charge in [0.1, 0.15) is 5.75 Å². The number of para-hydroxylation sites is 1. The normalized spacial score (nSPS) is 10.4. The highest BCUT2D eigenvalue weighted by atomic mass is 16.5. The summed E-state index contributed by atoms with van der Waals surface area (Å²) in [5, 5.41) is 6.70. The molecular formula is C18H17N3O3. The van der Waals surface area contributed by atoms with Crippen LogP contribution in [0.5, 0.6) is 5.75 Å². The first-order chi connectivity index (χ1) is 11.7. The predicted octanol–water partition coefficient (Wildman–Crippen LogP) is 3.23. The summed E-state index contributed by atoms with van der Waals surface area (Å²) >= 11 is 0. The molecule has 6 nitrogen and oxygen atoms in total. The third-order valence-electron chi connectivity index (χ3n) is 3.51. The van der Waals surface area contributed by atoms with E-state index in [1.165, 1.54) is 0 Å². The van der Waals surface area contributed by atoms with Gasteiger partial charge in [0.2, 0.25) is 5.89 Å². The molecule has 1 N–H and O–H groups in total. The number of ether oxygens (including phenoxy) is 1. The number of rotatable bonds is 5. The summed E-state index contributed by atoms with van der Waals surface area (Å²) in [7, 11) is 1.57. The number of hydrogen-bond acceptors (Lipinski definition) is 5. The second-order valence-electron chi connectivity index (χ2n) is 5.26. The minimum atomic E-state index is -0.206. The minimum Gasteiger partial charge on any atom is -0.497 e. The summed E-state index contributed by atoms with van der Waals surface area (Å²) in [5.41, 5.74) is 2.14. The summed E-state index contributed by atoms with van der Waals surface area (Å²) in [5.74, 6) is 1.53. The Labute approximate surface area is 139 Å².